The Morgan fingerprint density at radius 3 is 2.69 bits per heavy atom. The minimum atomic E-state index is 0.368. The quantitative estimate of drug-likeness (QED) is 0.824. The molecule has 2 aromatic heterocycles. The highest BCUT2D eigenvalue weighted by Gasteiger charge is 2.28. The predicted octanol–water partition coefficient (Wildman–Crippen LogP) is 3.63. The lowest BCUT2D eigenvalue weighted by Crippen LogP contribution is -2.31. The van der Waals surface area contributed by atoms with Gasteiger partial charge in [0.1, 0.15) is 11.9 Å². The van der Waals surface area contributed by atoms with Crippen LogP contribution in [0.5, 0.6) is 5.88 Å². The topological polar surface area (TPSA) is 51.1 Å². The van der Waals surface area contributed by atoms with E-state index in [1.807, 2.05) is 12.3 Å². The van der Waals surface area contributed by atoms with Crippen molar-refractivity contribution in [2.45, 2.75) is 70.1 Å². The smallest absolute Gasteiger partial charge is 0.213 e. The molecule has 0 atom stereocenters. The summed E-state index contributed by atoms with van der Waals surface area (Å²) in [5, 5.41) is 0. The molecule has 0 aromatic carbocycles. The molecule has 2 aliphatic carbocycles. The Morgan fingerprint density at radius 2 is 1.92 bits per heavy atom. The molecule has 3 heterocycles. The summed E-state index contributed by atoms with van der Waals surface area (Å²) in [6, 6.07) is 4.18. The summed E-state index contributed by atoms with van der Waals surface area (Å²) < 4.78 is 5.96. The Kier molecular flexibility index (Phi) is 4.33. The Morgan fingerprint density at radius 1 is 1.04 bits per heavy atom. The van der Waals surface area contributed by atoms with Gasteiger partial charge in [0.15, 0.2) is 0 Å². The third kappa shape index (κ3) is 3.58. The first kappa shape index (κ1) is 16.2. The van der Waals surface area contributed by atoms with Crippen LogP contribution in [0.2, 0.25) is 0 Å². The van der Waals surface area contributed by atoms with Crippen LogP contribution in [0.15, 0.2) is 24.5 Å². The molecule has 5 nitrogen and oxygen atoms in total. The molecule has 0 spiro atoms. The first-order valence-electron chi connectivity index (χ1n) is 10.0. The van der Waals surface area contributed by atoms with E-state index in [2.05, 4.69) is 27.1 Å². The van der Waals surface area contributed by atoms with E-state index in [0.29, 0.717) is 12.0 Å². The number of aromatic nitrogens is 3. The molecule has 136 valence electrons. The van der Waals surface area contributed by atoms with Crippen molar-refractivity contribution in [3.05, 3.63) is 47.2 Å². The van der Waals surface area contributed by atoms with E-state index >= 15 is 0 Å². The van der Waals surface area contributed by atoms with Crippen LogP contribution >= 0.6 is 0 Å². The lowest BCUT2D eigenvalue weighted by Gasteiger charge is -2.28. The summed E-state index contributed by atoms with van der Waals surface area (Å²) in [5.41, 5.74) is 3.79. The number of ether oxygens (including phenoxy) is 1. The molecular weight excluding hydrogens is 324 g/mol. The zero-order chi connectivity index (χ0) is 17.3. The highest BCUT2D eigenvalue weighted by molar-refractivity contribution is 5.24. The number of hydrogen-bond acceptors (Lipinski definition) is 5. The SMILES string of the molecule is c1cc(OC2CCCC2)ncc1CN1CCc2nc(C3CC3)ncc2C1. The van der Waals surface area contributed by atoms with Gasteiger partial charge in [-0.05, 0) is 44.1 Å². The Bertz CT molecular complexity index is 766. The lowest BCUT2D eigenvalue weighted by atomic mass is 10.1. The maximum absolute atomic E-state index is 5.96. The van der Waals surface area contributed by atoms with Crippen molar-refractivity contribution >= 4 is 0 Å². The van der Waals surface area contributed by atoms with E-state index in [1.54, 1.807) is 0 Å². The largest absolute Gasteiger partial charge is 0.474 e. The van der Waals surface area contributed by atoms with Crippen molar-refractivity contribution in [1.82, 2.24) is 19.9 Å². The van der Waals surface area contributed by atoms with E-state index in [9.17, 15) is 0 Å². The average molecular weight is 350 g/mol. The molecular formula is C21H26N4O. The first-order valence-corrected chi connectivity index (χ1v) is 10.0. The molecule has 5 heteroatoms. The monoisotopic (exact) mass is 350 g/mol. The van der Waals surface area contributed by atoms with Gasteiger partial charge >= 0.3 is 0 Å². The van der Waals surface area contributed by atoms with Gasteiger partial charge in [0.05, 0.1) is 0 Å². The molecule has 5 rings (SSSR count). The summed E-state index contributed by atoms with van der Waals surface area (Å²) in [6.45, 7) is 2.90. The minimum Gasteiger partial charge on any atom is -0.474 e. The molecule has 1 aliphatic heterocycles. The van der Waals surface area contributed by atoms with Gasteiger partial charge in [-0.1, -0.05) is 6.07 Å². The molecule has 26 heavy (non-hydrogen) atoms. The van der Waals surface area contributed by atoms with Crippen molar-refractivity contribution in [3.63, 3.8) is 0 Å². The molecule has 0 amide bonds. The molecule has 0 N–H and O–H groups in total. The summed E-state index contributed by atoms with van der Waals surface area (Å²) in [5.74, 6) is 2.47. The van der Waals surface area contributed by atoms with Gasteiger partial charge < -0.3 is 4.74 Å². The number of fused-ring (bicyclic) bond motifs is 1. The molecule has 0 unspecified atom stereocenters. The summed E-state index contributed by atoms with van der Waals surface area (Å²) in [6.07, 6.45) is 12.8. The summed E-state index contributed by atoms with van der Waals surface area (Å²) in [7, 11) is 0. The maximum atomic E-state index is 5.96. The van der Waals surface area contributed by atoms with Crippen LogP contribution in [-0.2, 0) is 19.5 Å². The molecule has 0 saturated heterocycles. The van der Waals surface area contributed by atoms with Crippen LogP contribution in [0.1, 0.15) is 67.1 Å². The molecule has 0 bridgehead atoms. The fourth-order valence-electron chi connectivity index (χ4n) is 4.07. The van der Waals surface area contributed by atoms with Crippen LogP contribution in [0, 0.1) is 0 Å². The van der Waals surface area contributed by atoms with E-state index in [-0.39, 0.29) is 0 Å². The van der Waals surface area contributed by atoms with Crippen LogP contribution in [-0.4, -0.2) is 32.5 Å². The van der Waals surface area contributed by atoms with Crippen molar-refractivity contribution in [2.24, 2.45) is 0 Å². The van der Waals surface area contributed by atoms with Gasteiger partial charge in [-0.15, -0.1) is 0 Å². The highest BCUT2D eigenvalue weighted by atomic mass is 16.5. The van der Waals surface area contributed by atoms with Gasteiger partial charge in [-0.25, -0.2) is 15.0 Å². The summed E-state index contributed by atoms with van der Waals surface area (Å²) in [4.78, 5) is 16.4. The summed E-state index contributed by atoms with van der Waals surface area (Å²) >= 11 is 0. The lowest BCUT2D eigenvalue weighted by molar-refractivity contribution is 0.201. The van der Waals surface area contributed by atoms with E-state index in [1.165, 1.54) is 55.3 Å². The second-order valence-corrected chi connectivity index (χ2v) is 7.96. The van der Waals surface area contributed by atoms with E-state index in [0.717, 1.165) is 37.8 Å². The van der Waals surface area contributed by atoms with Crippen LogP contribution < -0.4 is 4.74 Å². The molecule has 2 aromatic rings. The third-order valence-corrected chi connectivity index (χ3v) is 5.77. The van der Waals surface area contributed by atoms with Crippen molar-refractivity contribution in [3.8, 4) is 5.88 Å². The zero-order valence-electron chi connectivity index (χ0n) is 15.2. The van der Waals surface area contributed by atoms with E-state index < -0.39 is 0 Å². The van der Waals surface area contributed by atoms with Crippen molar-refractivity contribution in [1.29, 1.82) is 0 Å². The number of hydrogen-bond donors (Lipinski definition) is 0. The van der Waals surface area contributed by atoms with Gasteiger partial charge in [-0.3, -0.25) is 4.90 Å². The number of pyridine rings is 1. The molecule has 0 radical (unpaired) electrons. The minimum absolute atomic E-state index is 0.368. The molecule has 2 saturated carbocycles. The van der Waals surface area contributed by atoms with Gasteiger partial charge in [0.2, 0.25) is 5.88 Å². The average Bonchev–Trinajstić information content (AvgIpc) is 3.40. The Balaban J connectivity index is 1.20. The number of nitrogens with zero attached hydrogens (tertiary/aromatic N) is 4. The van der Waals surface area contributed by atoms with Crippen LogP contribution in [0.3, 0.4) is 0 Å². The fraction of sp³-hybridized carbons (Fsp3) is 0.571. The van der Waals surface area contributed by atoms with Crippen molar-refractivity contribution < 1.29 is 4.74 Å². The van der Waals surface area contributed by atoms with Crippen LogP contribution in [0.25, 0.3) is 0 Å². The second-order valence-electron chi connectivity index (χ2n) is 7.96. The molecule has 3 aliphatic rings. The van der Waals surface area contributed by atoms with Crippen molar-refractivity contribution in [2.75, 3.05) is 6.54 Å². The van der Waals surface area contributed by atoms with Gasteiger partial charge in [-0.2, -0.15) is 0 Å². The maximum Gasteiger partial charge on any atom is 0.213 e. The number of rotatable bonds is 5. The fourth-order valence-corrected chi connectivity index (χ4v) is 4.07. The second kappa shape index (κ2) is 6.95. The predicted molar refractivity (Wildman–Crippen MR) is 98.9 cm³/mol. The Hall–Kier alpha value is -2.01. The van der Waals surface area contributed by atoms with Gasteiger partial charge in [0, 0.05) is 61.7 Å². The first-order chi connectivity index (χ1) is 12.8. The normalized spacial score (nSPS) is 20.9. The molecule has 2 fully saturated rings. The standard InChI is InChI=1S/C21H26N4O/c1-2-4-18(3-1)26-20-8-5-15(11-22-20)13-25-10-9-19-17(14-25)12-23-21(24-19)16-6-7-16/h5,8,11-12,16,18H,1-4,6-7,9-10,13-14H2. The Labute approximate surface area is 154 Å². The highest BCUT2D eigenvalue weighted by Crippen LogP contribution is 2.38. The van der Waals surface area contributed by atoms with E-state index in [4.69, 9.17) is 9.72 Å². The zero-order valence-corrected chi connectivity index (χ0v) is 15.2. The third-order valence-electron chi connectivity index (χ3n) is 5.77. The van der Waals surface area contributed by atoms with Gasteiger partial charge in [0.25, 0.3) is 0 Å². The van der Waals surface area contributed by atoms with Crippen LogP contribution in [0.4, 0.5) is 0 Å².